The Kier molecular flexibility index (Phi) is 6.02. The second-order valence-electron chi connectivity index (χ2n) is 7.79. The molecule has 7 nitrogen and oxygen atoms in total. The van der Waals surface area contributed by atoms with Gasteiger partial charge in [-0.25, -0.2) is 4.79 Å². The standard InChI is InChI=1S/C24H24N2O5/c27-22(26-16-7-5-6-15(12-16)23(28)29)13-25-24(30)31-14-21-19-10-3-1-8-17(19)18-9-2-4-11-20(18)21/h1-5,7-11,15-16,21H,6,12-14H2,(H,25,30)(H,26,27)(H,28,29)/t15-,16-/m1/s1. The summed E-state index contributed by atoms with van der Waals surface area (Å²) in [6.45, 7) is -0.0636. The van der Waals surface area contributed by atoms with Crippen LogP contribution in [0.1, 0.15) is 29.9 Å². The normalized spacial score (nSPS) is 19.2. The maximum Gasteiger partial charge on any atom is 0.407 e. The Morgan fingerprint density at radius 3 is 2.29 bits per heavy atom. The molecule has 0 spiro atoms. The fourth-order valence-electron chi connectivity index (χ4n) is 4.26. The van der Waals surface area contributed by atoms with Crippen LogP contribution in [0.25, 0.3) is 11.1 Å². The Bertz CT molecular complexity index is 987. The van der Waals surface area contributed by atoms with Gasteiger partial charge in [0.25, 0.3) is 0 Å². The van der Waals surface area contributed by atoms with Crippen LogP contribution in [0.3, 0.4) is 0 Å². The first kappa shape index (κ1) is 20.7. The molecule has 0 aliphatic heterocycles. The highest BCUT2D eigenvalue weighted by molar-refractivity contribution is 5.83. The van der Waals surface area contributed by atoms with Crippen molar-refractivity contribution in [3.63, 3.8) is 0 Å². The second kappa shape index (κ2) is 9.04. The Labute approximate surface area is 180 Å². The number of aliphatic carboxylic acids is 1. The summed E-state index contributed by atoms with van der Waals surface area (Å²) < 4.78 is 5.41. The molecule has 2 aromatic carbocycles. The van der Waals surface area contributed by atoms with Crippen LogP contribution < -0.4 is 10.6 Å². The van der Waals surface area contributed by atoms with Gasteiger partial charge in [0.05, 0.1) is 5.92 Å². The molecule has 0 heterocycles. The van der Waals surface area contributed by atoms with Gasteiger partial charge in [0.2, 0.25) is 5.91 Å². The lowest BCUT2D eigenvalue weighted by atomic mass is 9.91. The molecule has 31 heavy (non-hydrogen) atoms. The number of alkyl carbamates (subject to hydrolysis) is 1. The number of hydrogen-bond donors (Lipinski definition) is 3. The minimum absolute atomic E-state index is 0.0488. The van der Waals surface area contributed by atoms with Gasteiger partial charge in [-0.1, -0.05) is 60.7 Å². The van der Waals surface area contributed by atoms with Gasteiger partial charge in [-0.15, -0.1) is 0 Å². The third-order valence-corrected chi connectivity index (χ3v) is 5.76. The Hall–Kier alpha value is -3.61. The maximum atomic E-state index is 12.2. The molecule has 0 saturated heterocycles. The highest BCUT2D eigenvalue weighted by Crippen LogP contribution is 2.44. The molecule has 0 fully saturated rings. The fraction of sp³-hybridized carbons (Fsp3) is 0.292. The molecule has 2 amide bonds. The summed E-state index contributed by atoms with van der Waals surface area (Å²) in [6.07, 6.45) is 3.67. The van der Waals surface area contributed by atoms with Crippen LogP contribution in [0.4, 0.5) is 4.79 Å². The highest BCUT2D eigenvalue weighted by atomic mass is 16.5. The molecule has 0 aromatic heterocycles. The van der Waals surface area contributed by atoms with Crippen molar-refractivity contribution in [2.75, 3.05) is 13.2 Å². The molecule has 2 aromatic rings. The molecule has 0 radical (unpaired) electrons. The van der Waals surface area contributed by atoms with Gasteiger partial charge < -0.3 is 20.5 Å². The predicted molar refractivity (Wildman–Crippen MR) is 115 cm³/mol. The van der Waals surface area contributed by atoms with Crippen molar-refractivity contribution in [3.8, 4) is 11.1 Å². The Morgan fingerprint density at radius 2 is 1.65 bits per heavy atom. The molecule has 0 unspecified atom stereocenters. The minimum atomic E-state index is -0.875. The van der Waals surface area contributed by atoms with Gasteiger partial charge in [0.15, 0.2) is 0 Å². The lowest BCUT2D eigenvalue weighted by Crippen LogP contribution is -2.43. The largest absolute Gasteiger partial charge is 0.481 e. The van der Waals surface area contributed by atoms with Crippen molar-refractivity contribution in [1.29, 1.82) is 0 Å². The zero-order valence-electron chi connectivity index (χ0n) is 16.9. The van der Waals surface area contributed by atoms with E-state index in [1.165, 1.54) is 0 Å². The first-order chi connectivity index (χ1) is 15.0. The molecule has 2 atom stereocenters. The van der Waals surface area contributed by atoms with Crippen molar-refractivity contribution < 1.29 is 24.2 Å². The summed E-state index contributed by atoms with van der Waals surface area (Å²) in [6, 6.07) is 15.8. The minimum Gasteiger partial charge on any atom is -0.481 e. The number of nitrogens with one attached hydrogen (secondary N) is 2. The quantitative estimate of drug-likeness (QED) is 0.623. The van der Waals surface area contributed by atoms with E-state index in [0.29, 0.717) is 12.8 Å². The van der Waals surface area contributed by atoms with Crippen LogP contribution in [0, 0.1) is 5.92 Å². The number of ether oxygens (including phenoxy) is 1. The topological polar surface area (TPSA) is 105 Å². The zero-order chi connectivity index (χ0) is 21.8. The van der Waals surface area contributed by atoms with Crippen LogP contribution in [-0.2, 0) is 14.3 Å². The van der Waals surface area contributed by atoms with E-state index in [1.807, 2.05) is 36.4 Å². The molecular weight excluding hydrogens is 396 g/mol. The summed E-state index contributed by atoms with van der Waals surface area (Å²) in [7, 11) is 0. The third-order valence-electron chi connectivity index (χ3n) is 5.76. The number of amides is 2. The second-order valence-corrected chi connectivity index (χ2v) is 7.79. The molecule has 0 saturated carbocycles. The van der Waals surface area contributed by atoms with Gasteiger partial charge >= 0.3 is 12.1 Å². The first-order valence-corrected chi connectivity index (χ1v) is 10.3. The van der Waals surface area contributed by atoms with Crippen molar-refractivity contribution in [2.45, 2.75) is 24.8 Å². The maximum absolute atomic E-state index is 12.2. The van der Waals surface area contributed by atoms with E-state index >= 15 is 0 Å². The number of carbonyl (C=O) groups is 3. The molecular formula is C24H24N2O5. The summed E-state index contributed by atoms with van der Waals surface area (Å²) in [5.41, 5.74) is 4.52. The predicted octanol–water partition coefficient (Wildman–Crippen LogP) is 3.06. The molecule has 7 heteroatoms. The zero-order valence-corrected chi connectivity index (χ0v) is 16.9. The van der Waals surface area contributed by atoms with Gasteiger partial charge in [0.1, 0.15) is 13.2 Å². The van der Waals surface area contributed by atoms with E-state index in [1.54, 1.807) is 12.2 Å². The van der Waals surface area contributed by atoms with Crippen molar-refractivity contribution >= 4 is 18.0 Å². The van der Waals surface area contributed by atoms with E-state index in [-0.39, 0.29) is 25.1 Å². The molecule has 2 aliphatic carbocycles. The van der Waals surface area contributed by atoms with E-state index in [4.69, 9.17) is 9.84 Å². The van der Waals surface area contributed by atoms with Gasteiger partial charge in [-0.2, -0.15) is 0 Å². The van der Waals surface area contributed by atoms with Crippen molar-refractivity contribution in [2.24, 2.45) is 5.92 Å². The van der Waals surface area contributed by atoms with Crippen LogP contribution in [0.2, 0.25) is 0 Å². The number of carboxylic acids is 1. The number of allylic oxidation sites excluding steroid dienone is 1. The Morgan fingerprint density at radius 1 is 1.00 bits per heavy atom. The van der Waals surface area contributed by atoms with Crippen LogP contribution in [0.15, 0.2) is 60.7 Å². The summed E-state index contributed by atoms with van der Waals surface area (Å²) in [4.78, 5) is 35.4. The summed E-state index contributed by atoms with van der Waals surface area (Å²) >= 11 is 0. The summed E-state index contributed by atoms with van der Waals surface area (Å²) in [5.74, 6) is -1.83. The molecule has 0 bridgehead atoms. The lowest BCUT2D eigenvalue weighted by Gasteiger charge is -2.22. The van der Waals surface area contributed by atoms with Crippen LogP contribution >= 0.6 is 0 Å². The SMILES string of the molecule is O=C(CNC(=O)OCC1c2ccccc2-c2ccccc21)N[C@@H]1C=CC[C@@H](C(=O)O)C1. The first-order valence-electron chi connectivity index (χ1n) is 10.3. The van der Waals surface area contributed by atoms with E-state index in [0.717, 1.165) is 22.3 Å². The molecule has 4 rings (SSSR count). The van der Waals surface area contributed by atoms with Crippen molar-refractivity contribution in [3.05, 3.63) is 71.8 Å². The lowest BCUT2D eigenvalue weighted by molar-refractivity contribution is -0.142. The number of hydrogen-bond acceptors (Lipinski definition) is 4. The number of benzene rings is 2. The van der Waals surface area contributed by atoms with Gasteiger partial charge in [-0.05, 0) is 35.1 Å². The van der Waals surface area contributed by atoms with Crippen LogP contribution in [0.5, 0.6) is 0 Å². The molecule has 160 valence electrons. The average Bonchev–Trinajstić information content (AvgIpc) is 3.10. The number of carbonyl (C=O) groups excluding carboxylic acids is 2. The number of fused-ring (bicyclic) bond motifs is 3. The average molecular weight is 420 g/mol. The number of carboxylic acid groups (broad SMARTS) is 1. The number of rotatable bonds is 6. The fourth-order valence-corrected chi connectivity index (χ4v) is 4.26. The van der Waals surface area contributed by atoms with Crippen LogP contribution in [-0.4, -0.2) is 42.3 Å². The van der Waals surface area contributed by atoms with Crippen molar-refractivity contribution in [1.82, 2.24) is 10.6 Å². The smallest absolute Gasteiger partial charge is 0.407 e. The highest BCUT2D eigenvalue weighted by Gasteiger charge is 2.29. The monoisotopic (exact) mass is 420 g/mol. The van der Waals surface area contributed by atoms with E-state index in [2.05, 4.69) is 22.8 Å². The third kappa shape index (κ3) is 4.60. The van der Waals surface area contributed by atoms with Gasteiger partial charge in [0, 0.05) is 12.0 Å². The van der Waals surface area contributed by atoms with Gasteiger partial charge in [-0.3, -0.25) is 9.59 Å². The Balaban J connectivity index is 1.27. The van der Waals surface area contributed by atoms with E-state index in [9.17, 15) is 14.4 Å². The van der Waals surface area contributed by atoms with E-state index < -0.39 is 23.9 Å². The molecule has 3 N–H and O–H groups in total. The summed E-state index contributed by atoms with van der Waals surface area (Å²) in [5, 5.41) is 14.3. The molecule has 2 aliphatic rings.